The average molecular weight is 302 g/mol. The van der Waals surface area contributed by atoms with E-state index in [1.54, 1.807) is 0 Å². The van der Waals surface area contributed by atoms with Crippen molar-refractivity contribution >= 4 is 6.09 Å². The fourth-order valence-corrected chi connectivity index (χ4v) is 3.62. The van der Waals surface area contributed by atoms with Crippen molar-refractivity contribution in [1.29, 1.82) is 0 Å². The van der Waals surface area contributed by atoms with Crippen molar-refractivity contribution in [1.82, 2.24) is 10.2 Å². The van der Waals surface area contributed by atoms with Crippen molar-refractivity contribution in [2.24, 2.45) is 0 Å². The third-order valence-corrected chi connectivity index (χ3v) is 4.56. The second-order valence-electron chi connectivity index (χ2n) is 7.29. The van der Waals surface area contributed by atoms with E-state index in [0.717, 1.165) is 32.5 Å². The predicted molar refractivity (Wildman–Crippen MR) is 87.1 cm³/mol. The third-order valence-electron chi connectivity index (χ3n) is 4.56. The van der Waals surface area contributed by atoms with E-state index in [1.165, 1.54) is 11.1 Å². The molecule has 1 aromatic rings. The molecule has 0 spiro atoms. The van der Waals surface area contributed by atoms with E-state index >= 15 is 0 Å². The first kappa shape index (κ1) is 15.3. The van der Waals surface area contributed by atoms with Crippen LogP contribution in [0.15, 0.2) is 24.3 Å². The number of benzene rings is 1. The number of fused-ring (bicyclic) bond motifs is 1. The van der Waals surface area contributed by atoms with Crippen LogP contribution in [-0.4, -0.2) is 42.3 Å². The summed E-state index contributed by atoms with van der Waals surface area (Å²) in [5.41, 5.74) is 2.40. The highest BCUT2D eigenvalue weighted by Crippen LogP contribution is 2.37. The van der Waals surface area contributed by atoms with Gasteiger partial charge in [0.25, 0.3) is 0 Å². The van der Waals surface area contributed by atoms with Crippen molar-refractivity contribution in [2.45, 2.75) is 51.2 Å². The summed E-state index contributed by atoms with van der Waals surface area (Å²) >= 11 is 0. The highest BCUT2D eigenvalue weighted by molar-refractivity contribution is 5.69. The van der Waals surface area contributed by atoms with Gasteiger partial charge in [-0.3, -0.25) is 0 Å². The van der Waals surface area contributed by atoms with Gasteiger partial charge in [0.15, 0.2) is 0 Å². The molecule has 1 saturated heterocycles. The molecule has 1 aliphatic heterocycles. The molecule has 0 bridgehead atoms. The van der Waals surface area contributed by atoms with Crippen LogP contribution in [0.2, 0.25) is 0 Å². The SMILES string of the molecule is CC(C)(C)OC(=O)N1CCNCC1C1CCc2ccccc21. The maximum absolute atomic E-state index is 12.6. The van der Waals surface area contributed by atoms with Crippen LogP contribution in [-0.2, 0) is 11.2 Å². The number of nitrogens with one attached hydrogen (secondary N) is 1. The minimum Gasteiger partial charge on any atom is -0.444 e. The molecule has 1 aromatic carbocycles. The lowest BCUT2D eigenvalue weighted by Gasteiger charge is -2.40. The number of hydrogen-bond donors (Lipinski definition) is 1. The number of ether oxygens (including phenoxy) is 1. The van der Waals surface area contributed by atoms with Gasteiger partial charge in [-0.2, -0.15) is 0 Å². The number of carbonyl (C=O) groups is 1. The van der Waals surface area contributed by atoms with Crippen LogP contribution in [0.25, 0.3) is 0 Å². The first-order valence-corrected chi connectivity index (χ1v) is 8.24. The van der Waals surface area contributed by atoms with Gasteiger partial charge in [0.05, 0.1) is 6.04 Å². The summed E-state index contributed by atoms with van der Waals surface area (Å²) in [6, 6.07) is 8.82. The fraction of sp³-hybridized carbons (Fsp3) is 0.611. The Hall–Kier alpha value is -1.55. The smallest absolute Gasteiger partial charge is 0.410 e. The topological polar surface area (TPSA) is 41.6 Å². The van der Waals surface area contributed by atoms with E-state index in [2.05, 4.69) is 29.6 Å². The maximum atomic E-state index is 12.6. The van der Waals surface area contributed by atoms with Crippen molar-refractivity contribution in [2.75, 3.05) is 19.6 Å². The molecule has 1 amide bonds. The predicted octanol–water partition coefficient (Wildman–Crippen LogP) is 2.93. The molecule has 1 heterocycles. The Balaban J connectivity index is 1.80. The summed E-state index contributed by atoms with van der Waals surface area (Å²) in [5.74, 6) is 0.413. The van der Waals surface area contributed by atoms with Gasteiger partial charge < -0.3 is 15.0 Å². The number of carbonyl (C=O) groups excluding carboxylic acids is 1. The molecule has 2 aliphatic rings. The zero-order chi connectivity index (χ0) is 15.7. The summed E-state index contributed by atoms with van der Waals surface area (Å²) < 4.78 is 5.61. The quantitative estimate of drug-likeness (QED) is 0.867. The van der Waals surface area contributed by atoms with E-state index in [9.17, 15) is 4.79 Å². The zero-order valence-corrected chi connectivity index (χ0v) is 13.8. The second-order valence-corrected chi connectivity index (χ2v) is 7.29. The molecule has 1 aliphatic carbocycles. The minimum atomic E-state index is -0.444. The highest BCUT2D eigenvalue weighted by Gasteiger charge is 2.38. The molecule has 1 fully saturated rings. The van der Waals surface area contributed by atoms with Crippen molar-refractivity contribution in [3.8, 4) is 0 Å². The van der Waals surface area contributed by atoms with Crippen LogP contribution in [0.5, 0.6) is 0 Å². The number of amides is 1. The van der Waals surface area contributed by atoms with E-state index in [1.807, 2.05) is 25.7 Å². The van der Waals surface area contributed by atoms with Gasteiger partial charge >= 0.3 is 6.09 Å². The van der Waals surface area contributed by atoms with Crippen LogP contribution in [0, 0.1) is 0 Å². The molecule has 22 heavy (non-hydrogen) atoms. The van der Waals surface area contributed by atoms with E-state index in [4.69, 9.17) is 4.74 Å². The van der Waals surface area contributed by atoms with E-state index < -0.39 is 5.60 Å². The molecular formula is C18H26N2O2. The lowest BCUT2D eigenvalue weighted by molar-refractivity contribution is 0.00885. The maximum Gasteiger partial charge on any atom is 0.410 e. The Morgan fingerprint density at radius 1 is 1.32 bits per heavy atom. The van der Waals surface area contributed by atoms with Gasteiger partial charge in [-0.15, -0.1) is 0 Å². The van der Waals surface area contributed by atoms with Crippen LogP contribution < -0.4 is 5.32 Å². The van der Waals surface area contributed by atoms with Crippen LogP contribution in [0.4, 0.5) is 4.79 Å². The summed E-state index contributed by atoms with van der Waals surface area (Å²) in [6.07, 6.45) is 2.05. The fourth-order valence-electron chi connectivity index (χ4n) is 3.62. The highest BCUT2D eigenvalue weighted by atomic mass is 16.6. The van der Waals surface area contributed by atoms with Gasteiger partial charge in [-0.05, 0) is 44.7 Å². The zero-order valence-electron chi connectivity index (χ0n) is 13.8. The van der Waals surface area contributed by atoms with Gasteiger partial charge in [0, 0.05) is 25.6 Å². The van der Waals surface area contributed by atoms with Crippen LogP contribution >= 0.6 is 0 Å². The molecule has 0 aromatic heterocycles. The van der Waals surface area contributed by atoms with Gasteiger partial charge in [-0.25, -0.2) is 4.79 Å². The second kappa shape index (κ2) is 5.92. The van der Waals surface area contributed by atoms with Gasteiger partial charge in [0.1, 0.15) is 5.60 Å². The molecule has 0 radical (unpaired) electrons. The normalized spacial score (nSPS) is 25.0. The Morgan fingerprint density at radius 2 is 2.09 bits per heavy atom. The molecular weight excluding hydrogens is 276 g/mol. The first-order chi connectivity index (χ1) is 10.5. The summed E-state index contributed by atoms with van der Waals surface area (Å²) in [6.45, 7) is 8.17. The van der Waals surface area contributed by atoms with E-state index in [0.29, 0.717) is 5.92 Å². The first-order valence-electron chi connectivity index (χ1n) is 8.24. The Labute approximate surface area is 132 Å². The number of hydrogen-bond acceptors (Lipinski definition) is 3. The van der Waals surface area contributed by atoms with Gasteiger partial charge in [0.2, 0.25) is 0 Å². The van der Waals surface area contributed by atoms with Crippen molar-refractivity contribution in [3.63, 3.8) is 0 Å². The van der Waals surface area contributed by atoms with Gasteiger partial charge in [-0.1, -0.05) is 24.3 Å². The van der Waals surface area contributed by atoms with Crippen molar-refractivity contribution in [3.05, 3.63) is 35.4 Å². The lowest BCUT2D eigenvalue weighted by Crippen LogP contribution is -2.56. The molecule has 4 nitrogen and oxygen atoms in total. The molecule has 3 rings (SSSR count). The summed E-state index contributed by atoms with van der Waals surface area (Å²) in [5, 5.41) is 3.44. The molecule has 2 atom stereocenters. The summed E-state index contributed by atoms with van der Waals surface area (Å²) in [7, 11) is 0. The summed E-state index contributed by atoms with van der Waals surface area (Å²) in [4.78, 5) is 14.5. The minimum absolute atomic E-state index is 0.177. The van der Waals surface area contributed by atoms with Crippen LogP contribution in [0.3, 0.4) is 0 Å². The Morgan fingerprint density at radius 3 is 2.86 bits per heavy atom. The molecule has 0 saturated carbocycles. The number of piperazine rings is 1. The third kappa shape index (κ3) is 3.12. The standard InChI is InChI=1S/C18H26N2O2/c1-18(2,3)22-17(21)20-11-10-19-12-16(20)15-9-8-13-6-4-5-7-14(13)15/h4-7,15-16,19H,8-12H2,1-3H3. The number of nitrogens with zero attached hydrogens (tertiary/aromatic N) is 1. The number of rotatable bonds is 1. The Bertz CT molecular complexity index is 550. The number of aryl methyl sites for hydroxylation is 1. The van der Waals surface area contributed by atoms with Crippen molar-refractivity contribution < 1.29 is 9.53 Å². The molecule has 120 valence electrons. The largest absolute Gasteiger partial charge is 0.444 e. The van der Waals surface area contributed by atoms with Crippen LogP contribution in [0.1, 0.15) is 44.2 Å². The lowest BCUT2D eigenvalue weighted by atomic mass is 9.91. The Kier molecular flexibility index (Phi) is 4.13. The van der Waals surface area contributed by atoms with E-state index in [-0.39, 0.29) is 12.1 Å². The molecule has 2 unspecified atom stereocenters. The monoisotopic (exact) mass is 302 g/mol. The average Bonchev–Trinajstić information content (AvgIpc) is 2.89. The molecule has 4 heteroatoms. The molecule has 1 N–H and O–H groups in total.